The minimum Gasteiger partial charge on any atom is -0.311 e. The molecule has 4 heteroatoms. The summed E-state index contributed by atoms with van der Waals surface area (Å²) < 4.78 is 2.00. The maximum Gasteiger partial charge on any atom is 0.0863 e. The molecule has 0 radical (unpaired) electrons. The van der Waals surface area contributed by atoms with Gasteiger partial charge >= 0.3 is 0 Å². The first-order chi connectivity index (χ1) is 7.74. The molecule has 0 aromatic carbocycles. The van der Waals surface area contributed by atoms with Gasteiger partial charge in [0.1, 0.15) is 0 Å². The van der Waals surface area contributed by atoms with E-state index >= 15 is 0 Å². The second kappa shape index (κ2) is 6.92. The van der Waals surface area contributed by atoms with Crippen LogP contribution in [0.15, 0.2) is 0 Å². The zero-order chi connectivity index (χ0) is 12.0. The zero-order valence-corrected chi connectivity index (χ0v) is 11.3. The van der Waals surface area contributed by atoms with Crippen molar-refractivity contribution in [3.05, 3.63) is 16.4 Å². The molecule has 0 aliphatic carbocycles. The molecule has 0 fully saturated rings. The second-order valence-electron chi connectivity index (χ2n) is 3.91. The van der Waals surface area contributed by atoms with Crippen molar-refractivity contribution in [1.29, 1.82) is 0 Å². The van der Waals surface area contributed by atoms with Gasteiger partial charge in [0.15, 0.2) is 0 Å². The van der Waals surface area contributed by atoms with Crippen LogP contribution in [-0.4, -0.2) is 16.3 Å². The standard InChI is InChI=1S/C12H22ClN3/c1-4-7-8-14-9-11-12(13)10(5-2)15-16(11)6-3/h14H,4-9H2,1-3H3. The van der Waals surface area contributed by atoms with Gasteiger partial charge < -0.3 is 5.32 Å². The maximum atomic E-state index is 6.30. The first kappa shape index (κ1) is 13.5. The molecule has 1 N–H and O–H groups in total. The molecule has 16 heavy (non-hydrogen) atoms. The van der Waals surface area contributed by atoms with Gasteiger partial charge in [0.25, 0.3) is 0 Å². The van der Waals surface area contributed by atoms with Crippen LogP contribution < -0.4 is 5.32 Å². The largest absolute Gasteiger partial charge is 0.311 e. The van der Waals surface area contributed by atoms with E-state index < -0.39 is 0 Å². The van der Waals surface area contributed by atoms with Crippen LogP contribution in [0.2, 0.25) is 5.02 Å². The molecule has 0 aliphatic heterocycles. The fourth-order valence-electron chi connectivity index (χ4n) is 1.69. The van der Waals surface area contributed by atoms with Gasteiger partial charge in [-0.2, -0.15) is 5.10 Å². The lowest BCUT2D eigenvalue weighted by Crippen LogP contribution is -2.17. The van der Waals surface area contributed by atoms with Crippen molar-refractivity contribution in [3.63, 3.8) is 0 Å². The molecule has 1 rings (SSSR count). The summed E-state index contributed by atoms with van der Waals surface area (Å²) in [4.78, 5) is 0. The van der Waals surface area contributed by atoms with E-state index in [0.29, 0.717) is 0 Å². The van der Waals surface area contributed by atoms with Crippen molar-refractivity contribution in [2.24, 2.45) is 0 Å². The average Bonchev–Trinajstić information content (AvgIpc) is 2.61. The number of aromatic nitrogens is 2. The number of rotatable bonds is 7. The number of aryl methyl sites for hydroxylation is 2. The Bertz CT molecular complexity index is 320. The summed E-state index contributed by atoms with van der Waals surface area (Å²) in [6.45, 7) is 9.12. The smallest absolute Gasteiger partial charge is 0.0863 e. The molecule has 0 bridgehead atoms. The monoisotopic (exact) mass is 243 g/mol. The van der Waals surface area contributed by atoms with E-state index in [1.165, 1.54) is 12.8 Å². The fourth-order valence-corrected chi connectivity index (χ4v) is 2.03. The van der Waals surface area contributed by atoms with Crippen molar-refractivity contribution in [2.75, 3.05) is 6.54 Å². The quantitative estimate of drug-likeness (QED) is 0.747. The van der Waals surface area contributed by atoms with E-state index in [0.717, 1.165) is 42.5 Å². The van der Waals surface area contributed by atoms with Gasteiger partial charge in [0, 0.05) is 13.1 Å². The number of halogens is 1. The fraction of sp³-hybridized carbons (Fsp3) is 0.750. The number of nitrogens with zero attached hydrogens (tertiary/aromatic N) is 2. The Balaban J connectivity index is 2.65. The van der Waals surface area contributed by atoms with Crippen LogP contribution in [0.3, 0.4) is 0 Å². The van der Waals surface area contributed by atoms with E-state index in [1.807, 2.05) is 4.68 Å². The van der Waals surface area contributed by atoms with Crippen molar-refractivity contribution < 1.29 is 0 Å². The molecule has 1 aromatic heterocycles. The summed E-state index contributed by atoms with van der Waals surface area (Å²) in [6.07, 6.45) is 3.32. The lowest BCUT2D eigenvalue weighted by Gasteiger charge is -2.06. The predicted octanol–water partition coefficient (Wildman–Crippen LogP) is 3.01. The van der Waals surface area contributed by atoms with Crippen molar-refractivity contribution in [1.82, 2.24) is 15.1 Å². The highest BCUT2D eigenvalue weighted by Gasteiger charge is 2.13. The molecule has 1 heterocycles. The van der Waals surface area contributed by atoms with Gasteiger partial charge in [0.05, 0.1) is 16.4 Å². The maximum absolute atomic E-state index is 6.30. The lowest BCUT2D eigenvalue weighted by atomic mass is 10.3. The van der Waals surface area contributed by atoms with Crippen LogP contribution in [0.4, 0.5) is 0 Å². The summed E-state index contributed by atoms with van der Waals surface area (Å²) in [5.41, 5.74) is 2.13. The van der Waals surface area contributed by atoms with Crippen LogP contribution in [-0.2, 0) is 19.5 Å². The Morgan fingerprint density at radius 1 is 1.31 bits per heavy atom. The van der Waals surface area contributed by atoms with Gasteiger partial charge in [-0.25, -0.2) is 0 Å². The van der Waals surface area contributed by atoms with Gasteiger partial charge in [-0.05, 0) is 26.3 Å². The van der Waals surface area contributed by atoms with Gasteiger partial charge in [0.2, 0.25) is 0 Å². The van der Waals surface area contributed by atoms with Crippen LogP contribution in [0.25, 0.3) is 0 Å². The summed E-state index contributed by atoms with van der Waals surface area (Å²) >= 11 is 6.30. The summed E-state index contributed by atoms with van der Waals surface area (Å²) in [7, 11) is 0. The molecule has 0 spiro atoms. The third-order valence-electron chi connectivity index (χ3n) is 2.69. The minimum absolute atomic E-state index is 0.819. The first-order valence-corrected chi connectivity index (χ1v) is 6.57. The van der Waals surface area contributed by atoms with Gasteiger partial charge in [-0.1, -0.05) is 31.9 Å². The van der Waals surface area contributed by atoms with E-state index in [-0.39, 0.29) is 0 Å². The van der Waals surface area contributed by atoms with Gasteiger partial charge in [-0.15, -0.1) is 0 Å². The molecule has 0 unspecified atom stereocenters. The van der Waals surface area contributed by atoms with Crippen LogP contribution >= 0.6 is 11.6 Å². The lowest BCUT2D eigenvalue weighted by molar-refractivity contribution is 0.568. The Labute approximate surface area is 103 Å². The molecule has 0 aliphatic rings. The first-order valence-electron chi connectivity index (χ1n) is 6.19. The van der Waals surface area contributed by atoms with Crippen molar-refractivity contribution in [2.45, 2.75) is 53.1 Å². The highest BCUT2D eigenvalue weighted by molar-refractivity contribution is 6.31. The number of unbranched alkanes of at least 4 members (excludes halogenated alkanes) is 1. The van der Waals surface area contributed by atoms with Crippen molar-refractivity contribution in [3.8, 4) is 0 Å². The Morgan fingerprint density at radius 3 is 2.62 bits per heavy atom. The number of hydrogen-bond acceptors (Lipinski definition) is 2. The summed E-state index contributed by atoms with van der Waals surface area (Å²) in [6, 6.07) is 0. The Morgan fingerprint density at radius 2 is 2.06 bits per heavy atom. The van der Waals surface area contributed by atoms with E-state index in [2.05, 4.69) is 31.2 Å². The van der Waals surface area contributed by atoms with Crippen LogP contribution in [0.5, 0.6) is 0 Å². The zero-order valence-electron chi connectivity index (χ0n) is 10.5. The van der Waals surface area contributed by atoms with Gasteiger partial charge in [-0.3, -0.25) is 4.68 Å². The summed E-state index contributed by atoms with van der Waals surface area (Å²) in [5.74, 6) is 0. The molecule has 0 amide bonds. The Kier molecular flexibility index (Phi) is 5.85. The third kappa shape index (κ3) is 3.22. The van der Waals surface area contributed by atoms with Crippen molar-refractivity contribution >= 4 is 11.6 Å². The third-order valence-corrected chi connectivity index (χ3v) is 3.13. The highest BCUT2D eigenvalue weighted by Crippen LogP contribution is 2.21. The Hall–Kier alpha value is -0.540. The van der Waals surface area contributed by atoms with Crippen LogP contribution in [0, 0.1) is 0 Å². The molecule has 92 valence electrons. The molecular formula is C12H22ClN3. The van der Waals surface area contributed by atoms with Crippen LogP contribution in [0.1, 0.15) is 45.0 Å². The van der Waals surface area contributed by atoms with E-state index in [9.17, 15) is 0 Å². The molecule has 1 aromatic rings. The minimum atomic E-state index is 0.819. The highest BCUT2D eigenvalue weighted by atomic mass is 35.5. The number of hydrogen-bond donors (Lipinski definition) is 1. The average molecular weight is 244 g/mol. The normalized spacial score (nSPS) is 11.0. The molecule has 0 saturated heterocycles. The second-order valence-corrected chi connectivity index (χ2v) is 4.28. The van der Waals surface area contributed by atoms with E-state index in [1.54, 1.807) is 0 Å². The number of nitrogens with one attached hydrogen (secondary N) is 1. The molecule has 0 saturated carbocycles. The molecular weight excluding hydrogens is 222 g/mol. The summed E-state index contributed by atoms with van der Waals surface area (Å²) in [5, 5.41) is 8.74. The SMILES string of the molecule is CCCCNCc1c(Cl)c(CC)nn1CC. The molecule has 0 atom stereocenters. The predicted molar refractivity (Wildman–Crippen MR) is 68.9 cm³/mol. The molecule has 3 nitrogen and oxygen atoms in total. The topological polar surface area (TPSA) is 29.9 Å². The van der Waals surface area contributed by atoms with E-state index in [4.69, 9.17) is 11.6 Å².